The average molecular weight is 460 g/mol. The van der Waals surface area contributed by atoms with Gasteiger partial charge in [0.05, 0.1) is 24.0 Å². The van der Waals surface area contributed by atoms with Gasteiger partial charge in [-0.3, -0.25) is 5.73 Å². The van der Waals surface area contributed by atoms with Crippen LogP contribution in [0.5, 0.6) is 0 Å². The second-order valence-corrected chi connectivity index (χ2v) is 8.62. The Kier molecular flexibility index (Phi) is 5.72. The van der Waals surface area contributed by atoms with Crippen molar-refractivity contribution in [3.05, 3.63) is 77.6 Å². The number of rotatable bonds is 4. The van der Waals surface area contributed by atoms with Gasteiger partial charge in [0, 0.05) is 43.6 Å². The van der Waals surface area contributed by atoms with Crippen molar-refractivity contribution >= 4 is 28.9 Å². The molecule has 9 nitrogen and oxygen atoms in total. The Morgan fingerprint density at radius 2 is 1.82 bits per heavy atom. The van der Waals surface area contributed by atoms with Crippen LogP contribution in [0.2, 0.25) is 0 Å². The topological polar surface area (TPSA) is 111 Å². The summed E-state index contributed by atoms with van der Waals surface area (Å²) < 4.78 is 4.93. The van der Waals surface area contributed by atoms with Crippen LogP contribution in [0.3, 0.4) is 0 Å². The van der Waals surface area contributed by atoms with E-state index in [1.54, 1.807) is 12.1 Å². The summed E-state index contributed by atoms with van der Waals surface area (Å²) in [6.45, 7) is 4.10. The van der Waals surface area contributed by atoms with Crippen LogP contribution in [0.15, 0.2) is 65.8 Å². The van der Waals surface area contributed by atoms with E-state index < -0.39 is 11.8 Å². The number of likely N-dealkylation sites (N-methyl/N-ethyl adjacent to an activating group) is 1. The quantitative estimate of drug-likeness (QED) is 0.444. The molecule has 2 aliphatic rings. The van der Waals surface area contributed by atoms with E-state index in [0.29, 0.717) is 17.1 Å². The second kappa shape index (κ2) is 8.85. The lowest BCUT2D eigenvalue weighted by Gasteiger charge is -2.35. The van der Waals surface area contributed by atoms with E-state index >= 15 is 0 Å². The summed E-state index contributed by atoms with van der Waals surface area (Å²) in [6.07, 6.45) is 1.82. The van der Waals surface area contributed by atoms with Crippen molar-refractivity contribution in [2.24, 2.45) is 10.7 Å². The molecular weight excluding hydrogens is 430 g/mol. The lowest BCUT2D eigenvalue weighted by atomic mass is 10.0. The summed E-state index contributed by atoms with van der Waals surface area (Å²) in [4.78, 5) is 25.0. The fraction of sp³-hybridized carbons (Fsp3) is 0.280. The molecule has 9 heteroatoms. The standard InChI is InChI=1S/C25H29N7O2/c1-31-13-15-32(16-14-31)18-9-7-17(8-10-18)25(26)29-21-11-12-27-22(21)23(30-25)28-20-6-4-3-5-19(20)24(33)34-2/h3-12,27,29H,13-16,26H2,1-2H3,(H,28,30). The van der Waals surface area contributed by atoms with Gasteiger partial charge in [-0.15, -0.1) is 0 Å². The number of carbonyl (C=O) groups is 1. The normalized spacial score (nSPS) is 20.2. The zero-order chi connectivity index (χ0) is 23.7. The van der Waals surface area contributed by atoms with Crippen LogP contribution in [0, 0.1) is 0 Å². The van der Waals surface area contributed by atoms with E-state index in [2.05, 4.69) is 44.6 Å². The van der Waals surface area contributed by atoms with Gasteiger partial charge < -0.3 is 30.2 Å². The van der Waals surface area contributed by atoms with Crippen LogP contribution in [-0.2, 0) is 10.5 Å². The number of para-hydroxylation sites is 1. The molecule has 0 bridgehead atoms. The molecule has 0 spiro atoms. The lowest BCUT2D eigenvalue weighted by Crippen LogP contribution is -2.47. The van der Waals surface area contributed by atoms with E-state index in [-0.39, 0.29) is 0 Å². The molecule has 1 atom stereocenters. The minimum absolute atomic E-state index is 0.415. The number of aromatic nitrogens is 1. The highest BCUT2D eigenvalue weighted by molar-refractivity contribution is 6.13. The summed E-state index contributed by atoms with van der Waals surface area (Å²) in [6, 6.07) is 17.3. The summed E-state index contributed by atoms with van der Waals surface area (Å²) in [7, 11) is 3.51. The van der Waals surface area contributed by atoms with Crippen LogP contribution in [-0.4, -0.2) is 62.0 Å². The predicted molar refractivity (Wildman–Crippen MR) is 134 cm³/mol. The van der Waals surface area contributed by atoms with Gasteiger partial charge >= 0.3 is 5.97 Å². The van der Waals surface area contributed by atoms with Gasteiger partial charge in [-0.2, -0.15) is 0 Å². The molecule has 0 aliphatic carbocycles. The molecule has 0 amide bonds. The first kappa shape index (κ1) is 22.0. The maximum Gasteiger partial charge on any atom is 0.339 e. The number of nitrogens with one attached hydrogen (secondary N) is 3. The number of hydrogen-bond donors (Lipinski definition) is 4. The van der Waals surface area contributed by atoms with Crippen molar-refractivity contribution in [3.63, 3.8) is 0 Å². The summed E-state index contributed by atoms with van der Waals surface area (Å²) >= 11 is 0. The van der Waals surface area contributed by atoms with Crippen molar-refractivity contribution in [1.29, 1.82) is 0 Å². The zero-order valence-electron chi connectivity index (χ0n) is 19.3. The Bertz CT molecular complexity index is 1210. The van der Waals surface area contributed by atoms with Crippen molar-refractivity contribution in [1.82, 2.24) is 9.88 Å². The Morgan fingerprint density at radius 1 is 1.09 bits per heavy atom. The number of esters is 1. The summed E-state index contributed by atoms with van der Waals surface area (Å²) in [5, 5.41) is 6.63. The first-order valence-corrected chi connectivity index (χ1v) is 11.3. The van der Waals surface area contributed by atoms with Gasteiger partial charge in [-0.1, -0.05) is 24.3 Å². The third kappa shape index (κ3) is 4.11. The zero-order valence-corrected chi connectivity index (χ0v) is 19.3. The number of nitrogens with two attached hydrogens (primary N) is 1. The number of H-pyrrole nitrogens is 1. The minimum Gasteiger partial charge on any atom is -0.465 e. The maximum atomic E-state index is 12.2. The number of anilines is 3. The first-order valence-electron chi connectivity index (χ1n) is 11.3. The third-order valence-corrected chi connectivity index (χ3v) is 6.36. The van der Waals surface area contributed by atoms with Gasteiger partial charge in [0.1, 0.15) is 5.69 Å². The van der Waals surface area contributed by atoms with Gasteiger partial charge in [-0.25, -0.2) is 9.79 Å². The molecule has 2 aliphatic heterocycles. The van der Waals surface area contributed by atoms with Crippen LogP contribution in [0.4, 0.5) is 17.1 Å². The lowest BCUT2D eigenvalue weighted by molar-refractivity contribution is 0.0602. The second-order valence-electron chi connectivity index (χ2n) is 8.62. The molecule has 3 aromatic rings. The first-order chi connectivity index (χ1) is 16.5. The third-order valence-electron chi connectivity index (χ3n) is 6.36. The molecule has 5 rings (SSSR count). The number of nitrogens with zero attached hydrogens (tertiary/aromatic N) is 3. The average Bonchev–Trinajstić information content (AvgIpc) is 3.33. The number of benzene rings is 2. The fourth-order valence-electron chi connectivity index (χ4n) is 4.36. The Morgan fingerprint density at radius 3 is 2.56 bits per heavy atom. The van der Waals surface area contributed by atoms with Crippen molar-refractivity contribution < 1.29 is 9.53 Å². The molecule has 5 N–H and O–H groups in total. The molecule has 1 saturated heterocycles. The summed E-state index contributed by atoms with van der Waals surface area (Å²) in [5.41, 5.74) is 11.4. The molecule has 0 saturated carbocycles. The number of amidine groups is 1. The monoisotopic (exact) mass is 459 g/mol. The fourth-order valence-corrected chi connectivity index (χ4v) is 4.36. The van der Waals surface area contributed by atoms with E-state index in [1.807, 2.05) is 36.5 Å². The smallest absolute Gasteiger partial charge is 0.339 e. The molecule has 176 valence electrons. The largest absolute Gasteiger partial charge is 0.465 e. The number of aromatic amines is 1. The van der Waals surface area contributed by atoms with Crippen molar-refractivity contribution in [2.75, 3.05) is 55.9 Å². The molecule has 1 unspecified atom stereocenters. The Hall–Kier alpha value is -3.82. The van der Waals surface area contributed by atoms with Gasteiger partial charge in [0.15, 0.2) is 5.84 Å². The number of fused-ring (bicyclic) bond motifs is 1. The predicted octanol–water partition coefficient (Wildman–Crippen LogP) is 2.61. The molecule has 0 radical (unpaired) electrons. The Balaban J connectivity index is 1.46. The van der Waals surface area contributed by atoms with Crippen LogP contribution >= 0.6 is 0 Å². The maximum absolute atomic E-state index is 12.2. The number of ether oxygens (including phenoxy) is 1. The van der Waals surface area contributed by atoms with E-state index in [0.717, 1.165) is 43.1 Å². The van der Waals surface area contributed by atoms with Crippen molar-refractivity contribution in [3.8, 4) is 0 Å². The molecule has 1 aromatic heterocycles. The highest BCUT2D eigenvalue weighted by Gasteiger charge is 2.34. The van der Waals surface area contributed by atoms with Crippen molar-refractivity contribution in [2.45, 2.75) is 5.79 Å². The number of aliphatic imine (C=N–C) groups is 1. The van der Waals surface area contributed by atoms with E-state index in [9.17, 15) is 4.79 Å². The molecule has 2 aromatic carbocycles. The van der Waals surface area contributed by atoms with Gasteiger partial charge in [0.25, 0.3) is 0 Å². The SMILES string of the molecule is COC(=O)c1ccccc1NC1=NC(N)(c2ccc(N3CCN(C)CC3)cc2)Nc2cc[nH]c21. The van der Waals surface area contributed by atoms with Crippen LogP contribution in [0.25, 0.3) is 0 Å². The molecule has 1 fully saturated rings. The van der Waals surface area contributed by atoms with Gasteiger partial charge in [-0.05, 0) is 37.4 Å². The Labute approximate surface area is 198 Å². The number of carbonyl (C=O) groups excluding carboxylic acids is 1. The molecular formula is C25H29N7O2. The number of hydrogen-bond acceptors (Lipinski definition) is 8. The molecule has 34 heavy (non-hydrogen) atoms. The van der Waals surface area contributed by atoms with Crippen LogP contribution in [0.1, 0.15) is 21.6 Å². The number of methoxy groups -OCH3 is 1. The van der Waals surface area contributed by atoms with E-state index in [1.165, 1.54) is 12.8 Å². The van der Waals surface area contributed by atoms with E-state index in [4.69, 9.17) is 15.5 Å². The number of piperazine rings is 1. The van der Waals surface area contributed by atoms with Crippen LogP contribution < -0.4 is 21.3 Å². The highest BCUT2D eigenvalue weighted by atomic mass is 16.5. The van der Waals surface area contributed by atoms with Gasteiger partial charge in [0.2, 0.25) is 5.79 Å². The highest BCUT2D eigenvalue weighted by Crippen LogP contribution is 2.32. The summed E-state index contributed by atoms with van der Waals surface area (Å²) in [5.74, 6) is -1.08. The molecule has 3 heterocycles. The minimum atomic E-state index is -1.18.